The third-order valence-electron chi connectivity index (χ3n) is 4.54. The number of benzene rings is 2. The van der Waals surface area contributed by atoms with Gasteiger partial charge in [-0.05, 0) is 36.6 Å². The van der Waals surface area contributed by atoms with Crippen LogP contribution in [0.4, 0.5) is 5.00 Å². The molecule has 1 aromatic heterocycles. The van der Waals surface area contributed by atoms with E-state index in [1.807, 2.05) is 49.4 Å². The monoisotopic (exact) mass is 437 g/mol. The summed E-state index contributed by atoms with van der Waals surface area (Å²) in [5.41, 5.74) is 3.27. The summed E-state index contributed by atoms with van der Waals surface area (Å²) in [6.45, 7) is 3.49. The van der Waals surface area contributed by atoms with Gasteiger partial charge >= 0.3 is 11.9 Å². The van der Waals surface area contributed by atoms with Crippen LogP contribution in [-0.2, 0) is 20.7 Å². The second-order valence-electron chi connectivity index (χ2n) is 6.61. The molecule has 0 radical (unpaired) electrons. The fourth-order valence-electron chi connectivity index (χ4n) is 2.94. The zero-order valence-corrected chi connectivity index (χ0v) is 18.2. The number of nitrogens with one attached hydrogen (secondary N) is 1. The Kier molecular flexibility index (Phi) is 7.56. The van der Waals surface area contributed by atoms with Gasteiger partial charge in [0.15, 0.2) is 6.61 Å². The van der Waals surface area contributed by atoms with Crippen LogP contribution in [0.2, 0.25) is 0 Å². The van der Waals surface area contributed by atoms with Gasteiger partial charge in [0.25, 0.3) is 5.91 Å². The smallest absolute Gasteiger partial charge is 0.341 e. The van der Waals surface area contributed by atoms with Crippen LogP contribution in [-0.4, -0.2) is 31.1 Å². The van der Waals surface area contributed by atoms with Crippen LogP contribution >= 0.6 is 11.3 Å². The Bertz CT molecular complexity index is 1060. The predicted molar refractivity (Wildman–Crippen MR) is 120 cm³/mol. The number of thiophene rings is 1. The van der Waals surface area contributed by atoms with Crippen molar-refractivity contribution in [3.63, 3.8) is 0 Å². The van der Waals surface area contributed by atoms with Gasteiger partial charge < -0.3 is 14.8 Å². The Morgan fingerprint density at radius 3 is 2.26 bits per heavy atom. The van der Waals surface area contributed by atoms with Gasteiger partial charge in [-0.25, -0.2) is 9.59 Å². The van der Waals surface area contributed by atoms with Crippen molar-refractivity contribution < 1.29 is 23.9 Å². The molecule has 1 N–H and O–H groups in total. The number of carbonyl (C=O) groups is 3. The molecule has 0 saturated heterocycles. The summed E-state index contributed by atoms with van der Waals surface area (Å²) >= 11 is 1.21. The Balaban J connectivity index is 1.71. The van der Waals surface area contributed by atoms with Gasteiger partial charge in [-0.15, -0.1) is 11.3 Å². The molecule has 0 saturated carbocycles. The predicted octanol–water partition coefficient (Wildman–Crippen LogP) is 4.95. The molecule has 0 fully saturated rings. The number of hydrogen-bond acceptors (Lipinski definition) is 6. The molecule has 2 aromatic carbocycles. The van der Waals surface area contributed by atoms with Crippen molar-refractivity contribution in [1.82, 2.24) is 0 Å². The van der Waals surface area contributed by atoms with Crippen LogP contribution in [0.15, 0.2) is 60.0 Å². The number of aryl methyl sites for hydroxylation is 1. The van der Waals surface area contributed by atoms with Gasteiger partial charge in [0.2, 0.25) is 0 Å². The zero-order chi connectivity index (χ0) is 22.2. The van der Waals surface area contributed by atoms with Crippen LogP contribution in [0.3, 0.4) is 0 Å². The van der Waals surface area contributed by atoms with Crippen LogP contribution in [0.5, 0.6) is 0 Å². The maximum atomic E-state index is 12.6. The van der Waals surface area contributed by atoms with E-state index < -0.39 is 24.5 Å². The average molecular weight is 438 g/mol. The van der Waals surface area contributed by atoms with E-state index >= 15 is 0 Å². The summed E-state index contributed by atoms with van der Waals surface area (Å²) in [7, 11) is 0. The molecular weight excluding hydrogens is 414 g/mol. The molecule has 0 unspecified atom stereocenters. The van der Waals surface area contributed by atoms with Crippen molar-refractivity contribution in [3.05, 3.63) is 76.7 Å². The number of anilines is 1. The van der Waals surface area contributed by atoms with Crippen molar-refractivity contribution in [3.8, 4) is 11.1 Å². The lowest BCUT2D eigenvalue weighted by molar-refractivity contribution is -0.119. The first-order valence-corrected chi connectivity index (χ1v) is 10.8. The molecule has 7 heteroatoms. The Labute approximate surface area is 184 Å². The molecule has 3 aromatic rings. The molecule has 31 heavy (non-hydrogen) atoms. The summed E-state index contributed by atoms with van der Waals surface area (Å²) < 4.78 is 10.3. The molecule has 6 nitrogen and oxygen atoms in total. The van der Waals surface area contributed by atoms with Gasteiger partial charge in [0, 0.05) is 10.9 Å². The quantitative estimate of drug-likeness (QED) is 0.504. The summed E-state index contributed by atoms with van der Waals surface area (Å²) in [4.78, 5) is 37.1. The molecule has 1 amide bonds. The van der Waals surface area contributed by atoms with Crippen molar-refractivity contribution >= 4 is 34.2 Å². The second-order valence-corrected chi connectivity index (χ2v) is 7.49. The van der Waals surface area contributed by atoms with Gasteiger partial charge in [0.1, 0.15) is 10.6 Å². The molecule has 3 rings (SSSR count). The van der Waals surface area contributed by atoms with E-state index in [0.717, 1.165) is 17.5 Å². The standard InChI is InChI=1S/C24H23NO5S/c1-3-16-10-12-18(13-11-16)23(27)30-14-20(26)25-22-21(24(28)29-4-2)19(15-31-22)17-8-6-5-7-9-17/h5-13,15H,3-4,14H2,1-2H3,(H,25,26). The summed E-state index contributed by atoms with van der Waals surface area (Å²) in [6, 6.07) is 16.4. The van der Waals surface area contributed by atoms with Crippen LogP contribution in [0, 0.1) is 0 Å². The lowest BCUT2D eigenvalue weighted by Crippen LogP contribution is -2.21. The molecule has 0 atom stereocenters. The minimum Gasteiger partial charge on any atom is -0.462 e. The molecule has 0 aliphatic carbocycles. The van der Waals surface area contributed by atoms with Crippen molar-refractivity contribution in [2.75, 3.05) is 18.5 Å². The first-order chi connectivity index (χ1) is 15.0. The van der Waals surface area contributed by atoms with E-state index in [1.165, 1.54) is 11.3 Å². The minimum absolute atomic E-state index is 0.213. The normalized spacial score (nSPS) is 10.4. The first kappa shape index (κ1) is 22.2. The highest BCUT2D eigenvalue weighted by molar-refractivity contribution is 7.15. The van der Waals surface area contributed by atoms with Crippen LogP contribution in [0.25, 0.3) is 11.1 Å². The van der Waals surface area contributed by atoms with Gasteiger partial charge in [-0.1, -0.05) is 49.4 Å². The van der Waals surface area contributed by atoms with E-state index in [-0.39, 0.29) is 12.2 Å². The zero-order valence-electron chi connectivity index (χ0n) is 17.3. The molecule has 0 aliphatic rings. The summed E-state index contributed by atoms with van der Waals surface area (Å²) in [6.07, 6.45) is 0.867. The lowest BCUT2D eigenvalue weighted by atomic mass is 10.0. The minimum atomic E-state index is -0.584. The highest BCUT2D eigenvalue weighted by Gasteiger charge is 2.23. The lowest BCUT2D eigenvalue weighted by Gasteiger charge is -2.09. The fraction of sp³-hybridized carbons (Fsp3) is 0.208. The van der Waals surface area contributed by atoms with Crippen molar-refractivity contribution in [2.24, 2.45) is 0 Å². The molecule has 0 aliphatic heterocycles. The first-order valence-electron chi connectivity index (χ1n) is 9.93. The number of esters is 2. The number of carbonyl (C=O) groups excluding carboxylic acids is 3. The third kappa shape index (κ3) is 5.58. The van der Waals surface area contributed by atoms with Gasteiger partial charge in [-0.3, -0.25) is 4.79 Å². The maximum Gasteiger partial charge on any atom is 0.341 e. The number of ether oxygens (including phenoxy) is 2. The Morgan fingerprint density at radius 1 is 0.903 bits per heavy atom. The SMILES string of the molecule is CCOC(=O)c1c(-c2ccccc2)csc1NC(=O)COC(=O)c1ccc(CC)cc1. The summed E-state index contributed by atoms with van der Waals surface area (Å²) in [5.74, 6) is -1.64. The largest absolute Gasteiger partial charge is 0.462 e. The molecular formula is C24H23NO5S. The maximum absolute atomic E-state index is 12.6. The Hall–Kier alpha value is -3.45. The van der Waals surface area contributed by atoms with Crippen molar-refractivity contribution in [2.45, 2.75) is 20.3 Å². The van der Waals surface area contributed by atoms with Crippen LogP contribution < -0.4 is 5.32 Å². The third-order valence-corrected chi connectivity index (χ3v) is 5.44. The highest BCUT2D eigenvalue weighted by Crippen LogP contribution is 2.36. The van der Waals surface area contributed by atoms with E-state index in [4.69, 9.17) is 9.47 Å². The topological polar surface area (TPSA) is 81.7 Å². The van der Waals surface area contributed by atoms with E-state index in [9.17, 15) is 14.4 Å². The molecule has 160 valence electrons. The van der Waals surface area contributed by atoms with Crippen LogP contribution in [0.1, 0.15) is 40.1 Å². The van der Waals surface area contributed by atoms with E-state index in [2.05, 4.69) is 5.32 Å². The van der Waals surface area contributed by atoms with Gasteiger partial charge in [-0.2, -0.15) is 0 Å². The number of amides is 1. The number of rotatable bonds is 8. The highest BCUT2D eigenvalue weighted by atomic mass is 32.1. The fourth-order valence-corrected chi connectivity index (χ4v) is 3.91. The average Bonchev–Trinajstić information content (AvgIpc) is 3.21. The summed E-state index contributed by atoms with van der Waals surface area (Å²) in [5, 5.41) is 4.81. The van der Waals surface area contributed by atoms with Crippen molar-refractivity contribution in [1.29, 1.82) is 0 Å². The molecule has 0 bridgehead atoms. The number of hydrogen-bond donors (Lipinski definition) is 1. The van der Waals surface area contributed by atoms with E-state index in [1.54, 1.807) is 24.4 Å². The van der Waals surface area contributed by atoms with E-state index in [0.29, 0.717) is 16.1 Å². The molecule has 1 heterocycles. The second kappa shape index (κ2) is 10.5. The van der Waals surface area contributed by atoms with Gasteiger partial charge in [0.05, 0.1) is 12.2 Å². The Morgan fingerprint density at radius 2 is 1.61 bits per heavy atom. The molecule has 0 spiro atoms.